The second-order valence-corrected chi connectivity index (χ2v) is 9.46. The van der Waals surface area contributed by atoms with Crippen LogP contribution in [0.1, 0.15) is 6.92 Å². The zero-order valence-corrected chi connectivity index (χ0v) is 20.2. The first-order chi connectivity index (χ1) is 13.6. The highest BCUT2D eigenvalue weighted by Gasteiger charge is 2.28. The third kappa shape index (κ3) is 5.94. The van der Waals surface area contributed by atoms with Gasteiger partial charge in [-0.25, -0.2) is 4.98 Å². The zero-order valence-electron chi connectivity index (χ0n) is 17.1. The molecule has 166 valence electrons. The molecule has 0 radical (unpaired) electrons. The van der Waals surface area contributed by atoms with Crippen molar-refractivity contribution < 1.29 is 39.7 Å². The highest BCUT2D eigenvalue weighted by Crippen LogP contribution is 2.47. The number of nitrogens with zero attached hydrogens (tertiary/aromatic N) is 2. The maximum Gasteiger partial charge on any atom is 0.147 e. The van der Waals surface area contributed by atoms with Gasteiger partial charge in [0.1, 0.15) is 38.5 Å². The predicted octanol–water partition coefficient (Wildman–Crippen LogP) is -5.24. The number of benzene rings is 1. The van der Waals surface area contributed by atoms with Gasteiger partial charge in [-0.15, -0.1) is 0 Å². The fraction of sp³-hybridized carbons (Fsp3) is 0.476. The summed E-state index contributed by atoms with van der Waals surface area (Å²) in [6.07, 6.45) is 1.75. The normalized spacial score (nSPS) is 21.0. The van der Waals surface area contributed by atoms with Crippen LogP contribution in [0, 0.1) is 5.92 Å². The number of aliphatic hydroxyl groups is 1. The lowest BCUT2D eigenvalue weighted by Crippen LogP contribution is -3.28. The van der Waals surface area contributed by atoms with Crippen LogP contribution in [0.3, 0.4) is 0 Å². The van der Waals surface area contributed by atoms with Gasteiger partial charge in [0.2, 0.25) is 0 Å². The number of aliphatic hydroxyl groups excluding tert-OH is 1. The molecule has 3 heterocycles. The van der Waals surface area contributed by atoms with Gasteiger partial charge in [-0.05, 0) is 18.2 Å². The summed E-state index contributed by atoms with van der Waals surface area (Å²) in [5.74, 6) is 1.57. The third-order valence-electron chi connectivity index (χ3n) is 5.69. The van der Waals surface area contributed by atoms with E-state index in [1.807, 2.05) is 6.07 Å². The molecule has 1 atom stereocenters. The first-order valence-electron chi connectivity index (χ1n) is 10.1. The number of nitrogens with one attached hydrogen (secondary N) is 2. The van der Waals surface area contributed by atoms with Crippen molar-refractivity contribution >= 4 is 34.9 Å². The molecule has 0 saturated carbocycles. The standard InChI is InChI=1S/C21H27ClN4OS.2ClH/c1-16(14-25-8-6-24(7-9-25)10-11-27)15-26-18-4-2-3-5-19(18)28-20-12-17(22)13-23-21(20)26;;/h2-5,12-13,16,27H,6-11,14-15H2,1H3;2*1H. The summed E-state index contributed by atoms with van der Waals surface area (Å²) in [4.78, 5) is 12.7. The first kappa shape index (κ1) is 25.5. The highest BCUT2D eigenvalue weighted by atomic mass is 35.5. The minimum Gasteiger partial charge on any atom is -1.00 e. The number of hydrogen-bond donors (Lipinski definition) is 3. The number of pyridine rings is 1. The molecule has 1 aromatic heterocycles. The van der Waals surface area contributed by atoms with E-state index < -0.39 is 0 Å². The van der Waals surface area contributed by atoms with Crippen LogP contribution in [0.15, 0.2) is 46.3 Å². The molecule has 1 fully saturated rings. The molecule has 3 N–H and O–H groups in total. The topological polar surface area (TPSA) is 45.2 Å². The molecule has 2 aliphatic heterocycles. The SMILES string of the molecule is CC(CN1c2ccccc2Sc2cc(Cl)cnc21)C[NH+]1CC[NH+](CCO)CC1.[Cl-].[Cl-]. The average molecular weight is 492 g/mol. The van der Waals surface area contributed by atoms with Crippen LogP contribution in [-0.4, -0.2) is 62.5 Å². The Morgan fingerprint density at radius 2 is 1.83 bits per heavy atom. The summed E-state index contributed by atoms with van der Waals surface area (Å²) in [6, 6.07) is 10.6. The second-order valence-electron chi connectivity index (χ2n) is 7.94. The first-order valence-corrected chi connectivity index (χ1v) is 11.3. The minimum atomic E-state index is 0. The van der Waals surface area contributed by atoms with Crippen molar-refractivity contribution in [2.75, 3.05) is 57.3 Å². The van der Waals surface area contributed by atoms with Crippen molar-refractivity contribution in [3.8, 4) is 0 Å². The van der Waals surface area contributed by atoms with Gasteiger partial charge in [0.25, 0.3) is 0 Å². The van der Waals surface area contributed by atoms with E-state index in [0.717, 1.165) is 36.9 Å². The minimum absolute atomic E-state index is 0. The van der Waals surface area contributed by atoms with E-state index in [0.29, 0.717) is 17.5 Å². The van der Waals surface area contributed by atoms with Gasteiger partial charge in [-0.3, -0.25) is 0 Å². The van der Waals surface area contributed by atoms with E-state index in [1.54, 1.807) is 22.9 Å². The van der Waals surface area contributed by atoms with Crippen molar-refractivity contribution in [1.29, 1.82) is 0 Å². The van der Waals surface area contributed by atoms with Crippen LogP contribution in [0.25, 0.3) is 0 Å². The number of fused-ring (bicyclic) bond motifs is 2. The Balaban J connectivity index is 0.00000160. The maximum absolute atomic E-state index is 9.14. The van der Waals surface area contributed by atoms with E-state index in [4.69, 9.17) is 16.7 Å². The molecule has 0 spiro atoms. The molecular formula is C21H29Cl3N4OS. The molecule has 0 bridgehead atoms. The number of quaternary nitrogens is 2. The van der Waals surface area contributed by atoms with Gasteiger partial charge in [0.15, 0.2) is 0 Å². The number of para-hydroxylation sites is 1. The molecule has 1 saturated heterocycles. The van der Waals surface area contributed by atoms with Crippen LogP contribution in [-0.2, 0) is 0 Å². The van der Waals surface area contributed by atoms with E-state index in [-0.39, 0.29) is 24.8 Å². The Hall–Kier alpha value is -0.730. The molecule has 5 nitrogen and oxygen atoms in total. The number of hydrogen-bond acceptors (Lipinski definition) is 4. The van der Waals surface area contributed by atoms with E-state index in [9.17, 15) is 0 Å². The van der Waals surface area contributed by atoms with Crippen molar-refractivity contribution in [2.45, 2.75) is 16.7 Å². The summed E-state index contributed by atoms with van der Waals surface area (Å²) in [5, 5.41) is 9.83. The summed E-state index contributed by atoms with van der Waals surface area (Å²) < 4.78 is 0. The van der Waals surface area contributed by atoms with Gasteiger partial charge in [-0.2, -0.15) is 0 Å². The van der Waals surface area contributed by atoms with Crippen LogP contribution in [0.5, 0.6) is 0 Å². The number of anilines is 2. The largest absolute Gasteiger partial charge is 1.00 e. The second kappa shape index (κ2) is 11.8. The van der Waals surface area contributed by atoms with E-state index >= 15 is 0 Å². The Morgan fingerprint density at radius 3 is 2.57 bits per heavy atom. The van der Waals surface area contributed by atoms with Gasteiger partial charge < -0.3 is 44.6 Å². The van der Waals surface area contributed by atoms with Crippen molar-refractivity contribution in [3.63, 3.8) is 0 Å². The molecular weight excluding hydrogens is 463 g/mol. The Kier molecular flexibility index (Phi) is 10.0. The van der Waals surface area contributed by atoms with Crippen LogP contribution in [0.2, 0.25) is 5.02 Å². The van der Waals surface area contributed by atoms with Crippen molar-refractivity contribution in [2.24, 2.45) is 5.92 Å². The third-order valence-corrected chi connectivity index (χ3v) is 6.98. The molecule has 1 aromatic carbocycles. The zero-order chi connectivity index (χ0) is 19.5. The Morgan fingerprint density at radius 1 is 1.13 bits per heavy atom. The van der Waals surface area contributed by atoms with Gasteiger partial charge in [0, 0.05) is 23.6 Å². The van der Waals surface area contributed by atoms with Crippen LogP contribution in [0.4, 0.5) is 11.5 Å². The van der Waals surface area contributed by atoms with Crippen LogP contribution >= 0.6 is 23.4 Å². The average Bonchev–Trinajstić information content (AvgIpc) is 2.69. The summed E-state index contributed by atoms with van der Waals surface area (Å²) >= 11 is 7.96. The van der Waals surface area contributed by atoms with Crippen molar-refractivity contribution in [1.82, 2.24) is 4.98 Å². The quantitative estimate of drug-likeness (QED) is 0.378. The van der Waals surface area contributed by atoms with Gasteiger partial charge >= 0.3 is 0 Å². The molecule has 9 heteroatoms. The number of aromatic nitrogens is 1. The molecule has 30 heavy (non-hydrogen) atoms. The molecule has 1 unspecified atom stereocenters. The fourth-order valence-electron chi connectivity index (χ4n) is 4.31. The van der Waals surface area contributed by atoms with E-state index in [1.165, 1.54) is 35.1 Å². The lowest BCUT2D eigenvalue weighted by molar-refractivity contribution is -1.01. The van der Waals surface area contributed by atoms with Gasteiger partial charge in [-0.1, -0.05) is 42.4 Å². The van der Waals surface area contributed by atoms with Gasteiger partial charge in [0.05, 0.1) is 28.8 Å². The fourth-order valence-corrected chi connectivity index (χ4v) is 5.64. The highest BCUT2D eigenvalue weighted by molar-refractivity contribution is 7.99. The lowest BCUT2D eigenvalue weighted by atomic mass is 10.1. The molecule has 0 aliphatic carbocycles. The summed E-state index contributed by atoms with van der Waals surface area (Å²) in [6.45, 7) is 10.4. The summed E-state index contributed by atoms with van der Waals surface area (Å²) in [7, 11) is 0. The predicted molar refractivity (Wildman–Crippen MR) is 114 cm³/mol. The number of rotatable bonds is 6. The smallest absolute Gasteiger partial charge is 0.147 e. The van der Waals surface area contributed by atoms with Crippen LogP contribution < -0.4 is 39.5 Å². The molecule has 4 rings (SSSR count). The maximum atomic E-state index is 9.14. The lowest BCUT2D eigenvalue weighted by Gasteiger charge is -2.35. The Labute approximate surface area is 200 Å². The molecule has 0 amide bonds. The summed E-state index contributed by atoms with van der Waals surface area (Å²) in [5.41, 5.74) is 1.24. The Bertz CT molecular complexity index is 821. The molecule has 2 aliphatic rings. The van der Waals surface area contributed by atoms with E-state index in [2.05, 4.69) is 41.1 Å². The number of piperazine rings is 1. The van der Waals surface area contributed by atoms with Crippen molar-refractivity contribution in [3.05, 3.63) is 41.6 Å². The number of halogens is 3. The molecule has 2 aromatic rings. The monoisotopic (exact) mass is 490 g/mol.